The van der Waals surface area contributed by atoms with Crippen molar-refractivity contribution in [3.8, 4) is 0 Å². The summed E-state index contributed by atoms with van der Waals surface area (Å²) in [6, 6.07) is 4.96. The summed E-state index contributed by atoms with van der Waals surface area (Å²) in [6.45, 7) is 7.59. The summed E-state index contributed by atoms with van der Waals surface area (Å²) in [6.07, 6.45) is 1.75. The predicted octanol–water partition coefficient (Wildman–Crippen LogP) is 2.06. The van der Waals surface area contributed by atoms with Gasteiger partial charge in [0, 0.05) is 5.69 Å². The Balaban J connectivity index is 2.29. The van der Waals surface area contributed by atoms with Crippen LogP contribution in [0.3, 0.4) is 0 Å². The van der Waals surface area contributed by atoms with Crippen molar-refractivity contribution in [2.75, 3.05) is 19.5 Å². The van der Waals surface area contributed by atoms with Crippen LogP contribution >= 0.6 is 0 Å². The minimum atomic E-state index is -0.637. The van der Waals surface area contributed by atoms with E-state index in [1.165, 1.54) is 7.11 Å². The molecule has 1 heterocycles. The number of rotatable bonds is 4. The molecule has 1 aromatic rings. The lowest BCUT2D eigenvalue weighted by atomic mass is 9.77. The van der Waals surface area contributed by atoms with E-state index in [0.717, 1.165) is 5.56 Å². The van der Waals surface area contributed by atoms with Crippen molar-refractivity contribution >= 4 is 24.9 Å². The van der Waals surface area contributed by atoms with Crippen LogP contribution in [-0.2, 0) is 14.0 Å². The van der Waals surface area contributed by atoms with Gasteiger partial charge >= 0.3 is 13.1 Å². The van der Waals surface area contributed by atoms with Gasteiger partial charge in [-0.3, -0.25) is 0 Å². The average molecular weight is 333 g/mol. The Morgan fingerprint density at radius 1 is 1.29 bits per heavy atom. The van der Waals surface area contributed by atoms with Crippen LogP contribution in [0.1, 0.15) is 43.6 Å². The summed E-state index contributed by atoms with van der Waals surface area (Å²) < 4.78 is 16.6. The molecule has 24 heavy (non-hydrogen) atoms. The standard InChI is InChI=1S/C17H24BNO5/c1-16(2)17(3,4)24-18(23-16)12(10-20)8-11-6-7-13(14(19)9-11)15(21)22-5/h6-9,20H,10,19H2,1-5H3. The Hall–Kier alpha value is -1.83. The van der Waals surface area contributed by atoms with Gasteiger partial charge in [0.1, 0.15) is 0 Å². The molecule has 1 saturated heterocycles. The molecule has 0 spiro atoms. The second-order valence-electron chi connectivity index (χ2n) is 6.80. The first kappa shape index (κ1) is 18.5. The molecule has 3 N–H and O–H groups in total. The molecular weight excluding hydrogens is 309 g/mol. The normalized spacial score (nSPS) is 19.4. The predicted molar refractivity (Wildman–Crippen MR) is 93.3 cm³/mol. The maximum absolute atomic E-state index is 11.6. The molecule has 1 aliphatic rings. The molecule has 0 unspecified atom stereocenters. The van der Waals surface area contributed by atoms with Gasteiger partial charge in [-0.1, -0.05) is 12.1 Å². The molecular formula is C17H24BNO5. The van der Waals surface area contributed by atoms with Crippen molar-refractivity contribution in [2.45, 2.75) is 38.9 Å². The molecule has 2 rings (SSSR count). The lowest BCUT2D eigenvalue weighted by Gasteiger charge is -2.32. The van der Waals surface area contributed by atoms with Crippen molar-refractivity contribution < 1.29 is 23.9 Å². The number of nitrogen functional groups attached to an aromatic ring is 1. The maximum Gasteiger partial charge on any atom is 0.492 e. The molecule has 0 radical (unpaired) electrons. The van der Waals surface area contributed by atoms with Gasteiger partial charge in [-0.05, 0) is 50.9 Å². The number of carbonyl (C=O) groups excluding carboxylic acids is 1. The number of benzene rings is 1. The van der Waals surface area contributed by atoms with Gasteiger partial charge < -0.3 is 24.9 Å². The van der Waals surface area contributed by atoms with Crippen molar-refractivity contribution in [1.82, 2.24) is 0 Å². The highest BCUT2D eigenvalue weighted by Crippen LogP contribution is 2.38. The Bertz CT molecular complexity index is 653. The highest BCUT2D eigenvalue weighted by molar-refractivity contribution is 6.55. The van der Waals surface area contributed by atoms with Crippen LogP contribution in [-0.4, -0.2) is 43.1 Å². The molecule has 0 saturated carbocycles. The molecule has 0 amide bonds. The molecule has 130 valence electrons. The van der Waals surface area contributed by atoms with Gasteiger partial charge in [0.15, 0.2) is 0 Å². The highest BCUT2D eigenvalue weighted by Gasteiger charge is 2.52. The quantitative estimate of drug-likeness (QED) is 0.498. The summed E-state index contributed by atoms with van der Waals surface area (Å²) in [4.78, 5) is 11.6. The van der Waals surface area contributed by atoms with Crippen LogP contribution in [0, 0.1) is 0 Å². The smallest absolute Gasteiger partial charge is 0.465 e. The first-order valence-electron chi connectivity index (χ1n) is 7.76. The summed E-state index contributed by atoms with van der Waals surface area (Å²) in [7, 11) is 0.666. The zero-order valence-corrected chi connectivity index (χ0v) is 14.8. The molecule has 7 heteroatoms. The minimum Gasteiger partial charge on any atom is -0.465 e. The van der Waals surface area contributed by atoms with E-state index in [-0.39, 0.29) is 6.61 Å². The van der Waals surface area contributed by atoms with Gasteiger partial charge in [-0.25, -0.2) is 4.79 Å². The number of anilines is 1. The van der Waals surface area contributed by atoms with Crippen LogP contribution in [0.15, 0.2) is 23.7 Å². The van der Waals surface area contributed by atoms with E-state index in [2.05, 4.69) is 4.74 Å². The number of aliphatic hydroxyl groups is 1. The Morgan fingerprint density at radius 3 is 2.33 bits per heavy atom. The lowest BCUT2D eigenvalue weighted by molar-refractivity contribution is 0.00578. The van der Waals surface area contributed by atoms with Crippen molar-refractivity contribution in [3.05, 3.63) is 34.8 Å². The summed E-state index contributed by atoms with van der Waals surface area (Å²) in [5.41, 5.74) is 6.85. The topological polar surface area (TPSA) is 91.0 Å². The SMILES string of the molecule is COC(=O)c1ccc(C=C(CO)B2OC(C)(C)C(C)(C)O2)cc1N. The number of hydrogen-bond acceptors (Lipinski definition) is 6. The molecule has 0 aromatic heterocycles. The largest absolute Gasteiger partial charge is 0.492 e. The monoisotopic (exact) mass is 333 g/mol. The Morgan fingerprint density at radius 2 is 1.88 bits per heavy atom. The van der Waals surface area contributed by atoms with Crippen LogP contribution in [0.4, 0.5) is 5.69 Å². The average Bonchev–Trinajstić information content (AvgIpc) is 2.72. The summed E-state index contributed by atoms with van der Waals surface area (Å²) >= 11 is 0. The van der Waals surface area contributed by atoms with Crippen molar-refractivity contribution in [3.63, 3.8) is 0 Å². The number of hydrogen-bond donors (Lipinski definition) is 2. The first-order valence-corrected chi connectivity index (χ1v) is 7.76. The molecule has 0 atom stereocenters. The zero-order valence-electron chi connectivity index (χ0n) is 14.8. The molecule has 1 aliphatic heterocycles. The van der Waals surface area contributed by atoms with E-state index in [0.29, 0.717) is 16.7 Å². The van der Waals surface area contributed by atoms with Gasteiger partial charge in [-0.15, -0.1) is 0 Å². The van der Waals surface area contributed by atoms with E-state index in [4.69, 9.17) is 15.0 Å². The van der Waals surface area contributed by atoms with Gasteiger partial charge in [0.05, 0.1) is 30.5 Å². The number of aliphatic hydroxyl groups excluding tert-OH is 1. The van der Waals surface area contributed by atoms with E-state index in [1.807, 2.05) is 27.7 Å². The fourth-order valence-corrected chi connectivity index (χ4v) is 2.36. The summed E-state index contributed by atoms with van der Waals surface area (Å²) in [5, 5.41) is 9.70. The lowest BCUT2D eigenvalue weighted by Crippen LogP contribution is -2.41. The highest BCUT2D eigenvalue weighted by atomic mass is 16.7. The van der Waals surface area contributed by atoms with Crippen LogP contribution < -0.4 is 5.73 Å². The fraction of sp³-hybridized carbons (Fsp3) is 0.471. The van der Waals surface area contributed by atoms with Crippen molar-refractivity contribution in [1.29, 1.82) is 0 Å². The van der Waals surface area contributed by atoms with E-state index < -0.39 is 24.3 Å². The first-order chi connectivity index (χ1) is 11.1. The molecule has 6 nitrogen and oxygen atoms in total. The van der Waals surface area contributed by atoms with Crippen LogP contribution in [0.25, 0.3) is 6.08 Å². The maximum atomic E-state index is 11.6. The minimum absolute atomic E-state index is 0.213. The summed E-state index contributed by atoms with van der Waals surface area (Å²) in [5.74, 6) is -0.489. The number of ether oxygens (including phenoxy) is 1. The number of nitrogens with two attached hydrogens (primary N) is 1. The van der Waals surface area contributed by atoms with Crippen LogP contribution in [0.5, 0.6) is 0 Å². The van der Waals surface area contributed by atoms with E-state index in [1.54, 1.807) is 24.3 Å². The van der Waals surface area contributed by atoms with Crippen molar-refractivity contribution in [2.24, 2.45) is 0 Å². The zero-order chi connectivity index (χ0) is 18.1. The van der Waals surface area contributed by atoms with Crippen LogP contribution in [0.2, 0.25) is 0 Å². The Kier molecular flexibility index (Phi) is 5.08. The van der Waals surface area contributed by atoms with E-state index in [9.17, 15) is 9.90 Å². The van der Waals surface area contributed by atoms with E-state index >= 15 is 0 Å². The third kappa shape index (κ3) is 3.48. The number of esters is 1. The van der Waals surface area contributed by atoms with Gasteiger partial charge in [0.25, 0.3) is 0 Å². The third-order valence-corrected chi connectivity index (χ3v) is 4.57. The number of carbonyl (C=O) groups is 1. The number of methoxy groups -OCH3 is 1. The van der Waals surface area contributed by atoms with Gasteiger partial charge in [0.2, 0.25) is 0 Å². The second kappa shape index (κ2) is 6.59. The van der Waals surface area contributed by atoms with Gasteiger partial charge in [-0.2, -0.15) is 0 Å². The fourth-order valence-electron chi connectivity index (χ4n) is 2.36. The molecule has 1 aromatic carbocycles. The molecule has 0 bridgehead atoms. The Labute approximate surface area is 142 Å². The molecule has 1 fully saturated rings. The second-order valence-corrected chi connectivity index (χ2v) is 6.80. The third-order valence-electron chi connectivity index (χ3n) is 4.57. The molecule has 0 aliphatic carbocycles.